The first-order valence-electron chi connectivity index (χ1n) is 10.2. The van der Waals surface area contributed by atoms with Crippen LogP contribution in [0.2, 0.25) is 5.02 Å². The highest BCUT2D eigenvalue weighted by molar-refractivity contribution is 6.31. The molecule has 0 radical (unpaired) electrons. The molecule has 0 heterocycles. The van der Waals surface area contributed by atoms with Gasteiger partial charge in [-0.1, -0.05) is 60.1 Å². The molecule has 0 unspecified atom stereocenters. The van der Waals surface area contributed by atoms with E-state index in [2.05, 4.69) is 5.10 Å². The molecule has 186 valence electrons. The molecule has 0 saturated heterocycles. The van der Waals surface area contributed by atoms with Gasteiger partial charge in [0.1, 0.15) is 23.6 Å². The van der Waals surface area contributed by atoms with Gasteiger partial charge in [0, 0.05) is 16.1 Å². The molecule has 0 fully saturated rings. The van der Waals surface area contributed by atoms with Crippen molar-refractivity contribution in [1.29, 1.82) is 0 Å². The molecule has 0 aliphatic rings. The number of ether oxygens (including phenoxy) is 1. The van der Waals surface area contributed by atoms with Gasteiger partial charge in [-0.05, 0) is 22.9 Å². The number of benzene rings is 4. The lowest BCUT2D eigenvalue weighted by molar-refractivity contribution is -0.143. The summed E-state index contributed by atoms with van der Waals surface area (Å²) in [5, 5.41) is 5.43. The van der Waals surface area contributed by atoms with Gasteiger partial charge >= 0.3 is 6.18 Å². The Labute approximate surface area is 204 Å². The van der Waals surface area contributed by atoms with Crippen LogP contribution >= 0.6 is 11.6 Å². The zero-order chi connectivity index (χ0) is 26.0. The van der Waals surface area contributed by atoms with Gasteiger partial charge < -0.3 is 4.74 Å². The van der Waals surface area contributed by atoms with Gasteiger partial charge in [-0.2, -0.15) is 18.3 Å². The van der Waals surface area contributed by atoms with Crippen LogP contribution in [0.4, 0.5) is 36.4 Å². The fraction of sp³-hybridized carbons (Fsp3) is 0.0800. The van der Waals surface area contributed by atoms with E-state index >= 15 is 0 Å². The van der Waals surface area contributed by atoms with Crippen molar-refractivity contribution in [3.8, 4) is 5.75 Å². The zero-order valence-corrected chi connectivity index (χ0v) is 18.7. The van der Waals surface area contributed by atoms with E-state index in [1.165, 1.54) is 0 Å². The summed E-state index contributed by atoms with van der Waals surface area (Å²) >= 11 is 6.15. The number of rotatable bonds is 6. The third kappa shape index (κ3) is 4.94. The fourth-order valence-electron chi connectivity index (χ4n) is 3.45. The maximum Gasteiger partial charge on any atom is 0.422 e. The maximum atomic E-state index is 14.2. The van der Waals surface area contributed by atoms with E-state index in [9.17, 15) is 30.7 Å². The number of hydrazone groups is 1. The second-order valence-electron chi connectivity index (χ2n) is 7.45. The molecule has 0 amide bonds. The molecule has 0 aliphatic carbocycles. The minimum atomic E-state index is -5.64. The van der Waals surface area contributed by atoms with E-state index < -0.39 is 40.7 Å². The van der Waals surface area contributed by atoms with Gasteiger partial charge in [0.2, 0.25) is 0 Å². The van der Waals surface area contributed by atoms with Crippen LogP contribution in [0, 0.1) is 23.3 Å². The van der Waals surface area contributed by atoms with E-state index in [0.29, 0.717) is 21.5 Å². The third-order valence-corrected chi connectivity index (χ3v) is 5.56. The van der Waals surface area contributed by atoms with E-state index in [4.69, 9.17) is 16.3 Å². The molecule has 0 bridgehead atoms. The first-order chi connectivity index (χ1) is 17.1. The quantitative estimate of drug-likeness (QED) is 0.119. The van der Waals surface area contributed by atoms with Crippen molar-refractivity contribution >= 4 is 34.3 Å². The van der Waals surface area contributed by atoms with E-state index in [1.807, 2.05) is 0 Å². The SMILES string of the molecule is Fc1c(F)c(C(F)(F)F)c(F)c(F)c1N/N=C/c1c(OCc2ccccc2Cl)ccc2ccccc12. The van der Waals surface area contributed by atoms with Crippen molar-refractivity contribution in [2.24, 2.45) is 5.10 Å². The molecule has 1 N–H and O–H groups in total. The average Bonchev–Trinajstić information content (AvgIpc) is 2.84. The van der Waals surface area contributed by atoms with Crippen LogP contribution in [0.1, 0.15) is 16.7 Å². The van der Waals surface area contributed by atoms with Crippen LogP contribution < -0.4 is 10.2 Å². The van der Waals surface area contributed by atoms with E-state index in [-0.39, 0.29) is 12.4 Å². The van der Waals surface area contributed by atoms with E-state index in [1.54, 1.807) is 66.1 Å². The van der Waals surface area contributed by atoms with E-state index in [0.717, 1.165) is 11.6 Å². The zero-order valence-electron chi connectivity index (χ0n) is 17.9. The Morgan fingerprint density at radius 2 is 1.47 bits per heavy atom. The largest absolute Gasteiger partial charge is 0.488 e. The van der Waals surface area contributed by atoms with Gasteiger partial charge in [-0.25, -0.2) is 17.6 Å². The molecule has 4 aromatic carbocycles. The summed E-state index contributed by atoms with van der Waals surface area (Å²) < 4.78 is 100. The first-order valence-corrected chi connectivity index (χ1v) is 10.6. The standard InChI is InChI=1S/C25H14ClF7N2O/c26-17-8-4-2-6-14(17)12-36-18-10-9-13-5-1-3-7-15(13)16(18)11-34-35-24-22(29)20(27)19(25(31,32)33)21(28)23(24)30/h1-11,35H,12H2/b34-11+. The number of hydrogen-bond acceptors (Lipinski definition) is 3. The number of alkyl halides is 3. The summed E-state index contributed by atoms with van der Waals surface area (Å²) in [5.74, 6) is -9.44. The molecule has 0 spiro atoms. The summed E-state index contributed by atoms with van der Waals surface area (Å²) in [6.45, 7) is 0.0604. The van der Waals surface area contributed by atoms with Gasteiger partial charge in [-0.15, -0.1) is 0 Å². The van der Waals surface area contributed by atoms with Crippen LogP contribution in [0.25, 0.3) is 10.8 Å². The van der Waals surface area contributed by atoms with Gasteiger partial charge in [0.25, 0.3) is 0 Å². The minimum Gasteiger partial charge on any atom is -0.488 e. The Morgan fingerprint density at radius 3 is 2.14 bits per heavy atom. The highest BCUT2D eigenvalue weighted by Gasteiger charge is 2.42. The van der Waals surface area contributed by atoms with Crippen LogP contribution in [-0.4, -0.2) is 6.21 Å². The van der Waals surface area contributed by atoms with Crippen molar-refractivity contribution in [3.63, 3.8) is 0 Å². The Balaban J connectivity index is 1.70. The molecule has 0 aromatic heterocycles. The molecule has 36 heavy (non-hydrogen) atoms. The molecule has 0 saturated carbocycles. The number of anilines is 1. The van der Waals surface area contributed by atoms with Gasteiger partial charge in [-0.3, -0.25) is 5.43 Å². The molecule has 0 atom stereocenters. The van der Waals surface area contributed by atoms with Crippen LogP contribution in [0.5, 0.6) is 5.75 Å². The summed E-state index contributed by atoms with van der Waals surface area (Å²) in [6.07, 6.45) is -4.58. The summed E-state index contributed by atoms with van der Waals surface area (Å²) in [4.78, 5) is 0. The highest BCUT2D eigenvalue weighted by Crippen LogP contribution is 2.38. The molecule has 4 rings (SSSR count). The minimum absolute atomic E-state index is 0.0604. The molecule has 0 aliphatic heterocycles. The number of nitrogens with zero attached hydrogens (tertiary/aromatic N) is 1. The summed E-state index contributed by atoms with van der Waals surface area (Å²) in [5.41, 5.74) is -1.44. The van der Waals surface area contributed by atoms with Crippen LogP contribution in [-0.2, 0) is 12.8 Å². The second kappa shape index (κ2) is 10.1. The number of nitrogens with one attached hydrogen (secondary N) is 1. The van der Waals surface area contributed by atoms with Crippen LogP contribution in [0.15, 0.2) is 65.8 Å². The average molecular weight is 527 g/mol. The molecular weight excluding hydrogens is 513 g/mol. The van der Waals surface area contributed by atoms with Crippen LogP contribution in [0.3, 0.4) is 0 Å². The van der Waals surface area contributed by atoms with Crippen molar-refractivity contribution in [1.82, 2.24) is 0 Å². The van der Waals surface area contributed by atoms with Gasteiger partial charge in [0.05, 0.1) is 6.21 Å². The number of halogens is 8. The van der Waals surface area contributed by atoms with Crippen molar-refractivity contribution < 1.29 is 35.5 Å². The molecule has 11 heteroatoms. The smallest absolute Gasteiger partial charge is 0.422 e. The Morgan fingerprint density at radius 1 is 0.833 bits per heavy atom. The number of hydrogen-bond donors (Lipinski definition) is 1. The summed E-state index contributed by atoms with van der Waals surface area (Å²) in [7, 11) is 0. The lowest BCUT2D eigenvalue weighted by Gasteiger charge is -2.14. The lowest BCUT2D eigenvalue weighted by Crippen LogP contribution is -2.16. The summed E-state index contributed by atoms with van der Waals surface area (Å²) in [6, 6.07) is 17.3. The Kier molecular flexibility index (Phi) is 7.07. The maximum absolute atomic E-state index is 14.2. The fourth-order valence-corrected chi connectivity index (χ4v) is 3.64. The predicted molar refractivity (Wildman–Crippen MR) is 122 cm³/mol. The predicted octanol–water partition coefficient (Wildman–Crippen LogP) is 8.09. The first kappa shape index (κ1) is 25.3. The normalized spacial score (nSPS) is 11.9. The van der Waals surface area contributed by atoms with Gasteiger partial charge in [0.15, 0.2) is 23.3 Å². The Hall–Kier alpha value is -3.79. The molecule has 3 nitrogen and oxygen atoms in total. The van der Waals surface area contributed by atoms with Crippen molar-refractivity contribution in [3.05, 3.63) is 106 Å². The monoisotopic (exact) mass is 526 g/mol. The molecular formula is C25H14ClF7N2O. The number of fused-ring (bicyclic) bond motifs is 1. The topological polar surface area (TPSA) is 33.6 Å². The Bertz CT molecular complexity index is 1440. The molecule has 4 aromatic rings. The third-order valence-electron chi connectivity index (χ3n) is 5.19. The van der Waals surface area contributed by atoms with Crippen molar-refractivity contribution in [2.75, 3.05) is 5.43 Å². The lowest BCUT2D eigenvalue weighted by atomic mass is 10.0. The second-order valence-corrected chi connectivity index (χ2v) is 7.86. The highest BCUT2D eigenvalue weighted by atomic mass is 35.5. The van der Waals surface area contributed by atoms with Crippen molar-refractivity contribution in [2.45, 2.75) is 12.8 Å².